The second-order valence-corrected chi connectivity index (χ2v) is 9.77. The summed E-state index contributed by atoms with van der Waals surface area (Å²) >= 11 is 0. The monoisotopic (exact) mass is 577 g/mol. The van der Waals surface area contributed by atoms with Crippen LogP contribution in [-0.2, 0) is 13.0 Å². The standard InChI is InChI=1S/C32H33N3.C7H8.C2H2/c1-25-23-26(24-35-32-19-10-9-17-30(32)33)20-21-27(25)13-5-2-3-8-16-29(28-14-6-4-7-15-28)31-18-11-12-22-34-31;1-3-5-7-6-4-2;1-2/h2-12,14-15,17-23,29,35H,13,16,24,33H2,1H3;1,4-7H,2H3;1-2H/b5-2-,8-3-;6-4-,7-5-;. The molecule has 1 atom stereocenters. The highest BCUT2D eigenvalue weighted by Crippen LogP contribution is 2.26. The molecule has 0 bridgehead atoms. The van der Waals surface area contributed by atoms with Crippen molar-refractivity contribution in [2.45, 2.75) is 39.2 Å². The molecule has 0 saturated heterocycles. The molecule has 3 aromatic carbocycles. The van der Waals surface area contributed by atoms with E-state index in [2.05, 4.69) is 121 Å². The summed E-state index contributed by atoms with van der Waals surface area (Å²) in [5.41, 5.74) is 14.1. The first-order valence-corrected chi connectivity index (χ1v) is 14.6. The molecule has 3 nitrogen and oxygen atoms in total. The van der Waals surface area contributed by atoms with Crippen molar-refractivity contribution < 1.29 is 0 Å². The number of nitrogens with two attached hydrogens (primary N) is 1. The van der Waals surface area contributed by atoms with E-state index in [0.29, 0.717) is 0 Å². The number of nitrogens with one attached hydrogen (secondary N) is 1. The Labute approximate surface area is 265 Å². The van der Waals surface area contributed by atoms with Gasteiger partial charge in [-0.15, -0.1) is 19.3 Å². The minimum absolute atomic E-state index is 0.261. The summed E-state index contributed by atoms with van der Waals surface area (Å²) in [7, 11) is 0. The van der Waals surface area contributed by atoms with Crippen LogP contribution in [0.4, 0.5) is 11.4 Å². The lowest BCUT2D eigenvalue weighted by Gasteiger charge is -2.14. The molecule has 44 heavy (non-hydrogen) atoms. The summed E-state index contributed by atoms with van der Waals surface area (Å²) in [5.74, 6) is 2.63. The van der Waals surface area contributed by atoms with Gasteiger partial charge in [0.1, 0.15) is 0 Å². The van der Waals surface area contributed by atoms with Gasteiger partial charge in [-0.2, -0.15) is 0 Å². The highest BCUT2D eigenvalue weighted by atomic mass is 14.9. The molecule has 0 spiro atoms. The second-order valence-electron chi connectivity index (χ2n) is 9.77. The smallest absolute Gasteiger partial charge is 0.0576 e. The molecule has 3 heteroatoms. The summed E-state index contributed by atoms with van der Waals surface area (Å²) in [6, 6.07) is 31.3. The molecule has 0 saturated carbocycles. The van der Waals surface area contributed by atoms with Gasteiger partial charge in [-0.1, -0.05) is 115 Å². The molecule has 4 rings (SSSR count). The van der Waals surface area contributed by atoms with Crippen LogP contribution in [-0.4, -0.2) is 4.98 Å². The zero-order valence-corrected chi connectivity index (χ0v) is 25.8. The van der Waals surface area contributed by atoms with Crippen LogP contribution in [0.3, 0.4) is 0 Å². The Morgan fingerprint density at radius 3 is 2.27 bits per heavy atom. The summed E-state index contributed by atoms with van der Waals surface area (Å²) in [4.78, 5) is 4.60. The van der Waals surface area contributed by atoms with Crippen molar-refractivity contribution in [3.05, 3.63) is 174 Å². The van der Waals surface area contributed by atoms with E-state index in [9.17, 15) is 0 Å². The molecule has 3 N–H and O–H groups in total. The maximum Gasteiger partial charge on any atom is 0.0576 e. The van der Waals surface area contributed by atoms with Crippen LogP contribution < -0.4 is 11.1 Å². The van der Waals surface area contributed by atoms with E-state index >= 15 is 0 Å². The number of rotatable bonds is 11. The van der Waals surface area contributed by atoms with Crippen molar-refractivity contribution in [1.82, 2.24) is 4.98 Å². The molecule has 0 amide bonds. The lowest BCUT2D eigenvalue weighted by Crippen LogP contribution is -2.03. The molecule has 0 aliphatic rings. The third kappa shape index (κ3) is 12.6. The van der Waals surface area contributed by atoms with Crippen molar-refractivity contribution >= 4 is 11.4 Å². The number of hydrogen-bond acceptors (Lipinski definition) is 3. The number of aryl methyl sites for hydroxylation is 1. The molecular weight excluding hydrogens is 534 g/mol. The molecule has 0 aliphatic carbocycles. The highest BCUT2D eigenvalue weighted by molar-refractivity contribution is 5.65. The Balaban J connectivity index is 0.000000661. The fourth-order valence-corrected chi connectivity index (χ4v) is 4.44. The van der Waals surface area contributed by atoms with E-state index in [-0.39, 0.29) is 5.92 Å². The van der Waals surface area contributed by atoms with Gasteiger partial charge in [0.05, 0.1) is 11.4 Å². The van der Waals surface area contributed by atoms with Crippen LogP contribution in [0.1, 0.15) is 47.2 Å². The first kappa shape index (κ1) is 34.7. The van der Waals surface area contributed by atoms with Crippen LogP contribution in [0.15, 0.2) is 146 Å². The summed E-state index contributed by atoms with van der Waals surface area (Å²) in [5, 5.41) is 3.42. The Morgan fingerprint density at radius 1 is 0.864 bits per heavy atom. The maximum atomic E-state index is 6.03. The minimum Gasteiger partial charge on any atom is -0.397 e. The predicted octanol–water partition coefficient (Wildman–Crippen LogP) is 9.46. The SMILES string of the molecule is C#C.C#C/C=C\C=C/C.Cc1cc(CNc2ccccc2N)ccc1C/C=C\C=C/CC(c1ccccc1)c1ccccn1. The first-order valence-electron chi connectivity index (χ1n) is 14.6. The largest absolute Gasteiger partial charge is 0.397 e. The number of aromatic nitrogens is 1. The third-order valence-electron chi connectivity index (χ3n) is 6.69. The van der Waals surface area contributed by atoms with Crippen LogP contribution in [0.5, 0.6) is 0 Å². The molecule has 222 valence electrons. The maximum absolute atomic E-state index is 6.03. The van der Waals surface area contributed by atoms with Gasteiger partial charge in [0.15, 0.2) is 0 Å². The topological polar surface area (TPSA) is 50.9 Å². The third-order valence-corrected chi connectivity index (χ3v) is 6.69. The quantitative estimate of drug-likeness (QED) is 0.106. The van der Waals surface area contributed by atoms with Crippen molar-refractivity contribution in [3.8, 4) is 25.2 Å². The van der Waals surface area contributed by atoms with Crippen LogP contribution in [0, 0.1) is 32.1 Å². The van der Waals surface area contributed by atoms with Crippen LogP contribution >= 0.6 is 0 Å². The number of pyridine rings is 1. The number of benzene rings is 3. The summed E-state index contributed by atoms with van der Waals surface area (Å²) in [6.45, 7) is 4.88. The zero-order valence-electron chi connectivity index (χ0n) is 25.8. The van der Waals surface area contributed by atoms with Crippen LogP contribution in [0.2, 0.25) is 0 Å². The number of anilines is 2. The fourth-order valence-electron chi connectivity index (χ4n) is 4.44. The number of para-hydroxylation sites is 2. The minimum atomic E-state index is 0.261. The number of nitrogen functional groups attached to an aromatic ring is 1. The van der Waals surface area contributed by atoms with E-state index in [1.165, 1.54) is 22.3 Å². The van der Waals surface area contributed by atoms with Crippen LogP contribution in [0.25, 0.3) is 0 Å². The van der Waals surface area contributed by atoms with Crippen molar-refractivity contribution in [3.63, 3.8) is 0 Å². The zero-order chi connectivity index (χ0) is 31.8. The fraction of sp³-hybridized carbons (Fsp3) is 0.146. The number of allylic oxidation sites excluding steroid dienone is 8. The Bertz CT molecular complexity index is 1510. The highest BCUT2D eigenvalue weighted by Gasteiger charge is 2.13. The van der Waals surface area contributed by atoms with E-state index in [1.54, 1.807) is 6.08 Å². The van der Waals surface area contributed by atoms with E-state index in [1.807, 2.05) is 61.7 Å². The van der Waals surface area contributed by atoms with Gasteiger partial charge in [0.25, 0.3) is 0 Å². The number of nitrogens with zero attached hydrogens (tertiary/aromatic N) is 1. The number of hydrogen-bond donors (Lipinski definition) is 2. The molecule has 0 fully saturated rings. The van der Waals surface area contributed by atoms with Gasteiger partial charge in [-0.05, 0) is 79.3 Å². The van der Waals surface area contributed by atoms with Crippen molar-refractivity contribution in [2.24, 2.45) is 0 Å². The molecular formula is C41H43N3. The Kier molecular flexibility index (Phi) is 16.7. The second kappa shape index (κ2) is 21.2. The van der Waals surface area contributed by atoms with Gasteiger partial charge in [0.2, 0.25) is 0 Å². The normalized spacial score (nSPS) is 11.4. The van der Waals surface area contributed by atoms with E-state index in [0.717, 1.165) is 36.5 Å². The van der Waals surface area contributed by atoms with Gasteiger partial charge in [0, 0.05) is 24.4 Å². The van der Waals surface area contributed by atoms with Crippen molar-refractivity contribution in [1.29, 1.82) is 0 Å². The predicted molar refractivity (Wildman–Crippen MR) is 191 cm³/mol. The molecule has 1 heterocycles. The average molecular weight is 578 g/mol. The number of terminal acetylenes is 2. The van der Waals surface area contributed by atoms with E-state index in [4.69, 9.17) is 12.2 Å². The van der Waals surface area contributed by atoms with Gasteiger partial charge >= 0.3 is 0 Å². The van der Waals surface area contributed by atoms with Gasteiger partial charge < -0.3 is 11.1 Å². The Morgan fingerprint density at radius 2 is 1.59 bits per heavy atom. The molecule has 1 unspecified atom stereocenters. The summed E-state index contributed by atoms with van der Waals surface area (Å²) < 4.78 is 0. The molecule has 1 aromatic heterocycles. The molecule has 0 radical (unpaired) electrons. The van der Waals surface area contributed by atoms with Gasteiger partial charge in [-0.3, -0.25) is 4.98 Å². The lowest BCUT2D eigenvalue weighted by molar-refractivity contribution is 0.794. The Hall–Kier alpha value is -5.51. The molecule has 4 aromatic rings. The van der Waals surface area contributed by atoms with Gasteiger partial charge in [-0.25, -0.2) is 0 Å². The van der Waals surface area contributed by atoms with E-state index < -0.39 is 0 Å². The summed E-state index contributed by atoms with van der Waals surface area (Å²) in [6.07, 6.45) is 32.6. The first-order chi connectivity index (χ1) is 21.6. The van der Waals surface area contributed by atoms with Crippen molar-refractivity contribution in [2.75, 3.05) is 11.1 Å². The average Bonchev–Trinajstić information content (AvgIpc) is 3.07. The molecule has 0 aliphatic heterocycles. The lowest BCUT2D eigenvalue weighted by atomic mass is 9.92.